The summed E-state index contributed by atoms with van der Waals surface area (Å²) in [6.45, 7) is 3.19. The highest BCUT2D eigenvalue weighted by molar-refractivity contribution is 7.90. The minimum atomic E-state index is -2.84. The highest BCUT2D eigenvalue weighted by Crippen LogP contribution is 1.89. The number of hydrogen-bond donors (Lipinski definition) is 1. The molecule has 0 spiro atoms. The van der Waals surface area contributed by atoms with Gasteiger partial charge >= 0.3 is 0 Å². The molecule has 0 amide bonds. The fourth-order valence-electron chi connectivity index (χ4n) is 0.905. The van der Waals surface area contributed by atoms with Crippen LogP contribution < -0.4 is 5.73 Å². The highest BCUT2D eigenvalue weighted by atomic mass is 32.2. The number of rotatable bonds is 5. The fourth-order valence-corrected chi connectivity index (χ4v) is 1.55. The molecule has 0 saturated carbocycles. The van der Waals surface area contributed by atoms with Crippen molar-refractivity contribution in [3.05, 3.63) is 0 Å². The summed E-state index contributed by atoms with van der Waals surface area (Å²) >= 11 is 0. The standard InChI is InChI=1S/C7H18N2O2S/c1-7(8)6-9(2)4-5-12(3,10)11/h7H,4-6,8H2,1-3H3. The van der Waals surface area contributed by atoms with Crippen LogP contribution in [0.25, 0.3) is 0 Å². The molecule has 12 heavy (non-hydrogen) atoms. The summed E-state index contributed by atoms with van der Waals surface area (Å²) in [6.07, 6.45) is 1.24. The molecule has 0 fully saturated rings. The third kappa shape index (κ3) is 7.97. The normalized spacial score (nSPS) is 15.1. The van der Waals surface area contributed by atoms with Gasteiger partial charge in [0.1, 0.15) is 9.84 Å². The van der Waals surface area contributed by atoms with E-state index in [2.05, 4.69) is 0 Å². The molecule has 74 valence electrons. The summed E-state index contributed by atoms with van der Waals surface area (Å²) in [7, 11) is -0.968. The van der Waals surface area contributed by atoms with E-state index in [1.807, 2.05) is 18.9 Å². The zero-order valence-electron chi connectivity index (χ0n) is 7.95. The zero-order valence-corrected chi connectivity index (χ0v) is 8.76. The monoisotopic (exact) mass is 194 g/mol. The Morgan fingerprint density at radius 1 is 1.50 bits per heavy atom. The van der Waals surface area contributed by atoms with Crippen LogP contribution in [0.3, 0.4) is 0 Å². The molecule has 0 aliphatic carbocycles. The van der Waals surface area contributed by atoms with E-state index in [0.717, 1.165) is 6.54 Å². The number of nitrogens with two attached hydrogens (primary N) is 1. The summed E-state index contributed by atoms with van der Waals surface area (Å²) in [5.74, 6) is 0.205. The molecule has 1 atom stereocenters. The predicted molar refractivity (Wildman–Crippen MR) is 50.9 cm³/mol. The van der Waals surface area contributed by atoms with Gasteiger partial charge in [0.05, 0.1) is 5.75 Å². The molecule has 1 unspecified atom stereocenters. The fraction of sp³-hybridized carbons (Fsp3) is 1.00. The Bertz CT molecular complexity index is 211. The van der Waals surface area contributed by atoms with Crippen molar-refractivity contribution >= 4 is 9.84 Å². The van der Waals surface area contributed by atoms with Crippen LogP contribution in [0.1, 0.15) is 6.92 Å². The van der Waals surface area contributed by atoms with Crippen molar-refractivity contribution in [2.24, 2.45) is 5.73 Å². The molecular weight excluding hydrogens is 176 g/mol. The first-order chi connectivity index (χ1) is 5.31. The van der Waals surface area contributed by atoms with Crippen LogP contribution in [0.4, 0.5) is 0 Å². The van der Waals surface area contributed by atoms with Gasteiger partial charge in [-0.15, -0.1) is 0 Å². The van der Waals surface area contributed by atoms with Crippen molar-refractivity contribution < 1.29 is 8.42 Å². The molecule has 0 bridgehead atoms. The maximum absolute atomic E-state index is 10.8. The largest absolute Gasteiger partial charge is 0.327 e. The first kappa shape index (κ1) is 11.9. The minimum Gasteiger partial charge on any atom is -0.327 e. The molecule has 0 aliphatic heterocycles. The van der Waals surface area contributed by atoms with Crippen LogP contribution in [0.5, 0.6) is 0 Å². The van der Waals surface area contributed by atoms with Gasteiger partial charge in [-0.05, 0) is 14.0 Å². The molecule has 0 aromatic rings. The molecule has 0 aromatic carbocycles. The van der Waals surface area contributed by atoms with Crippen LogP contribution in [-0.2, 0) is 9.84 Å². The molecular formula is C7H18N2O2S. The van der Waals surface area contributed by atoms with Gasteiger partial charge < -0.3 is 10.6 Å². The summed E-state index contributed by atoms with van der Waals surface area (Å²) in [5.41, 5.74) is 5.54. The molecule has 0 radical (unpaired) electrons. The van der Waals surface area contributed by atoms with Crippen molar-refractivity contribution in [2.75, 3.05) is 32.1 Å². The van der Waals surface area contributed by atoms with E-state index in [1.165, 1.54) is 6.26 Å². The van der Waals surface area contributed by atoms with Crippen molar-refractivity contribution in [3.63, 3.8) is 0 Å². The molecule has 0 saturated heterocycles. The van der Waals surface area contributed by atoms with Crippen molar-refractivity contribution in [1.82, 2.24) is 4.90 Å². The molecule has 4 nitrogen and oxygen atoms in total. The van der Waals surface area contributed by atoms with E-state index in [9.17, 15) is 8.42 Å². The van der Waals surface area contributed by atoms with Gasteiger partial charge in [-0.3, -0.25) is 0 Å². The van der Waals surface area contributed by atoms with Gasteiger partial charge in [-0.2, -0.15) is 0 Å². The Morgan fingerprint density at radius 3 is 2.33 bits per heavy atom. The lowest BCUT2D eigenvalue weighted by atomic mass is 10.3. The second-order valence-electron chi connectivity index (χ2n) is 3.37. The quantitative estimate of drug-likeness (QED) is 0.629. The van der Waals surface area contributed by atoms with E-state index in [1.54, 1.807) is 0 Å². The van der Waals surface area contributed by atoms with Crippen LogP contribution in [0.2, 0.25) is 0 Å². The number of nitrogens with zero attached hydrogens (tertiary/aromatic N) is 1. The summed E-state index contributed by atoms with van der Waals surface area (Å²) in [4.78, 5) is 1.92. The third-order valence-corrected chi connectivity index (χ3v) is 2.37. The number of hydrogen-bond acceptors (Lipinski definition) is 4. The maximum atomic E-state index is 10.8. The van der Waals surface area contributed by atoms with Crippen LogP contribution in [-0.4, -0.2) is 51.5 Å². The first-order valence-electron chi connectivity index (χ1n) is 3.93. The molecule has 2 N–H and O–H groups in total. The second-order valence-corrected chi connectivity index (χ2v) is 5.63. The Labute approximate surface area is 74.7 Å². The highest BCUT2D eigenvalue weighted by Gasteiger charge is 2.06. The van der Waals surface area contributed by atoms with Crippen molar-refractivity contribution in [1.29, 1.82) is 0 Å². The van der Waals surface area contributed by atoms with Crippen LogP contribution in [0, 0.1) is 0 Å². The first-order valence-corrected chi connectivity index (χ1v) is 5.99. The summed E-state index contributed by atoms with van der Waals surface area (Å²) < 4.78 is 21.5. The number of likely N-dealkylation sites (N-methyl/N-ethyl adjacent to an activating group) is 1. The maximum Gasteiger partial charge on any atom is 0.148 e. The molecule has 0 aliphatic rings. The van der Waals surface area contributed by atoms with Gasteiger partial charge in [-0.25, -0.2) is 8.42 Å². The Morgan fingerprint density at radius 2 is 2.00 bits per heavy atom. The Balaban J connectivity index is 3.65. The molecule has 5 heteroatoms. The SMILES string of the molecule is CC(N)CN(C)CCS(C)(=O)=O. The lowest BCUT2D eigenvalue weighted by Gasteiger charge is -2.17. The van der Waals surface area contributed by atoms with Crippen molar-refractivity contribution in [3.8, 4) is 0 Å². The van der Waals surface area contributed by atoms with Gasteiger partial charge in [-0.1, -0.05) is 0 Å². The molecule has 0 rings (SSSR count). The van der Waals surface area contributed by atoms with Crippen LogP contribution in [0.15, 0.2) is 0 Å². The zero-order chi connectivity index (χ0) is 9.78. The average Bonchev–Trinajstić information content (AvgIpc) is 1.80. The summed E-state index contributed by atoms with van der Waals surface area (Å²) in [6, 6.07) is 0.0922. The Kier molecular flexibility index (Phi) is 4.74. The smallest absolute Gasteiger partial charge is 0.148 e. The average molecular weight is 194 g/mol. The predicted octanol–water partition coefficient (Wildman–Crippen LogP) is -0.690. The summed E-state index contributed by atoms with van der Waals surface area (Å²) in [5, 5.41) is 0. The topological polar surface area (TPSA) is 63.4 Å². The van der Waals surface area contributed by atoms with Gasteiger partial charge in [0.25, 0.3) is 0 Å². The number of sulfone groups is 1. The van der Waals surface area contributed by atoms with Crippen LogP contribution >= 0.6 is 0 Å². The van der Waals surface area contributed by atoms with E-state index in [-0.39, 0.29) is 11.8 Å². The van der Waals surface area contributed by atoms with E-state index in [0.29, 0.717) is 6.54 Å². The van der Waals surface area contributed by atoms with Gasteiger partial charge in [0.15, 0.2) is 0 Å². The lowest BCUT2D eigenvalue weighted by molar-refractivity contribution is 0.334. The van der Waals surface area contributed by atoms with E-state index in [4.69, 9.17) is 5.73 Å². The molecule has 0 heterocycles. The minimum absolute atomic E-state index is 0.0922. The second kappa shape index (κ2) is 4.79. The van der Waals surface area contributed by atoms with Gasteiger partial charge in [0, 0.05) is 25.4 Å². The molecule has 0 aromatic heterocycles. The van der Waals surface area contributed by atoms with Gasteiger partial charge in [0.2, 0.25) is 0 Å². The van der Waals surface area contributed by atoms with Crippen molar-refractivity contribution in [2.45, 2.75) is 13.0 Å². The third-order valence-electron chi connectivity index (χ3n) is 1.44. The van der Waals surface area contributed by atoms with E-state index >= 15 is 0 Å². The van der Waals surface area contributed by atoms with E-state index < -0.39 is 9.84 Å². The lowest BCUT2D eigenvalue weighted by Crippen LogP contribution is -2.35. The Hall–Kier alpha value is -0.130.